The molecule has 136 valence electrons. The molecular formula is C18H19N3O4S. The van der Waals surface area contributed by atoms with Gasteiger partial charge in [-0.2, -0.15) is 0 Å². The Kier molecular flexibility index (Phi) is 3.87. The highest BCUT2D eigenvalue weighted by Gasteiger charge is 2.55. The summed E-state index contributed by atoms with van der Waals surface area (Å²) in [6, 6.07) is 7.50. The van der Waals surface area contributed by atoms with E-state index in [1.54, 1.807) is 11.8 Å². The van der Waals surface area contributed by atoms with Crippen LogP contribution in [-0.2, 0) is 11.2 Å². The largest absolute Gasteiger partial charge is 0.493 e. The lowest BCUT2D eigenvalue weighted by Gasteiger charge is -2.27. The number of hydrogen-bond acceptors (Lipinski definition) is 6. The molecule has 1 saturated heterocycles. The van der Waals surface area contributed by atoms with E-state index < -0.39 is 11.4 Å². The number of amides is 1. The number of nitrogen functional groups attached to an aromatic ring is 1. The summed E-state index contributed by atoms with van der Waals surface area (Å²) in [5, 5.41) is 10.4. The Labute approximate surface area is 154 Å². The van der Waals surface area contributed by atoms with E-state index in [1.165, 1.54) is 0 Å². The summed E-state index contributed by atoms with van der Waals surface area (Å²) in [6.45, 7) is 2.51. The molecule has 0 unspecified atom stereocenters. The standard InChI is InChI=1S/C18H19N3O4S/c1-10-14(26-17(19)20-10)15(22)21-7-12-8-25-13-5-3-2-4-11(13)6-18(12,9-21)16(23)24/h2-5,12H,6-9H2,1H3,(H2,19,20)(H,23,24)/t12-,18+/m0/s1. The van der Waals surface area contributed by atoms with Crippen LogP contribution in [0.3, 0.4) is 0 Å². The molecule has 4 rings (SSSR count). The Morgan fingerprint density at radius 1 is 1.42 bits per heavy atom. The minimum Gasteiger partial charge on any atom is -0.493 e. The Balaban J connectivity index is 1.68. The molecule has 1 fully saturated rings. The van der Waals surface area contributed by atoms with Gasteiger partial charge in [-0.15, -0.1) is 0 Å². The van der Waals surface area contributed by atoms with Crippen molar-refractivity contribution in [2.24, 2.45) is 11.3 Å². The number of aliphatic carboxylic acids is 1. The van der Waals surface area contributed by atoms with Gasteiger partial charge in [0, 0.05) is 19.0 Å². The molecule has 1 aromatic carbocycles. The van der Waals surface area contributed by atoms with Gasteiger partial charge in [0.25, 0.3) is 5.91 Å². The van der Waals surface area contributed by atoms with Gasteiger partial charge in [-0.25, -0.2) is 4.98 Å². The molecule has 2 aliphatic rings. The van der Waals surface area contributed by atoms with Crippen molar-refractivity contribution < 1.29 is 19.4 Å². The third-order valence-electron chi connectivity index (χ3n) is 5.33. The van der Waals surface area contributed by atoms with E-state index in [-0.39, 0.29) is 25.0 Å². The highest BCUT2D eigenvalue weighted by atomic mass is 32.1. The molecule has 7 nitrogen and oxygen atoms in total. The van der Waals surface area contributed by atoms with E-state index in [9.17, 15) is 14.7 Å². The Hall–Kier alpha value is -2.61. The molecule has 3 heterocycles. The highest BCUT2D eigenvalue weighted by Crippen LogP contribution is 2.44. The SMILES string of the molecule is Cc1nc(N)sc1C(=O)N1C[C@H]2COc3ccccc3C[C@@]2(C(=O)O)C1. The fourth-order valence-corrected chi connectivity index (χ4v) is 4.74. The first-order chi connectivity index (χ1) is 12.4. The molecule has 0 spiro atoms. The summed E-state index contributed by atoms with van der Waals surface area (Å²) in [5.41, 5.74) is 6.10. The molecule has 2 aliphatic heterocycles. The number of nitrogens with two attached hydrogens (primary N) is 1. The first kappa shape index (κ1) is 16.8. The minimum atomic E-state index is -1.05. The number of likely N-dealkylation sites (tertiary alicyclic amines) is 1. The number of anilines is 1. The number of nitrogens with zero attached hydrogens (tertiary/aromatic N) is 2. The van der Waals surface area contributed by atoms with Crippen LogP contribution >= 0.6 is 11.3 Å². The number of aromatic nitrogens is 1. The van der Waals surface area contributed by atoms with Gasteiger partial charge < -0.3 is 20.5 Å². The normalized spacial score (nSPS) is 24.3. The summed E-state index contributed by atoms with van der Waals surface area (Å²) >= 11 is 1.14. The lowest BCUT2D eigenvalue weighted by Crippen LogP contribution is -2.42. The van der Waals surface area contributed by atoms with Crippen molar-refractivity contribution in [1.82, 2.24) is 9.88 Å². The van der Waals surface area contributed by atoms with Crippen molar-refractivity contribution >= 4 is 28.3 Å². The maximum Gasteiger partial charge on any atom is 0.312 e. The molecule has 1 amide bonds. The molecule has 0 radical (unpaired) electrons. The summed E-state index contributed by atoms with van der Waals surface area (Å²) < 4.78 is 5.87. The van der Waals surface area contributed by atoms with Crippen molar-refractivity contribution in [3.8, 4) is 5.75 Å². The van der Waals surface area contributed by atoms with Gasteiger partial charge in [-0.3, -0.25) is 9.59 Å². The molecule has 3 N–H and O–H groups in total. The number of fused-ring (bicyclic) bond motifs is 2. The average Bonchev–Trinajstić information content (AvgIpc) is 3.09. The van der Waals surface area contributed by atoms with Crippen LogP contribution in [0.1, 0.15) is 20.9 Å². The van der Waals surface area contributed by atoms with Crippen LogP contribution in [0.25, 0.3) is 0 Å². The number of benzene rings is 1. The molecule has 0 saturated carbocycles. The lowest BCUT2D eigenvalue weighted by atomic mass is 9.74. The maximum atomic E-state index is 12.9. The summed E-state index contributed by atoms with van der Waals surface area (Å²) in [6.07, 6.45) is 0.344. The van der Waals surface area contributed by atoms with E-state index in [1.807, 2.05) is 24.3 Å². The third kappa shape index (κ3) is 2.52. The smallest absolute Gasteiger partial charge is 0.312 e. The number of hydrogen-bond donors (Lipinski definition) is 2. The van der Waals surface area contributed by atoms with Crippen LogP contribution in [0.15, 0.2) is 24.3 Å². The third-order valence-corrected chi connectivity index (χ3v) is 6.31. The number of para-hydroxylation sites is 1. The molecule has 26 heavy (non-hydrogen) atoms. The molecule has 0 aliphatic carbocycles. The van der Waals surface area contributed by atoms with E-state index in [0.29, 0.717) is 28.7 Å². The zero-order valence-corrected chi connectivity index (χ0v) is 15.1. The van der Waals surface area contributed by atoms with Gasteiger partial charge in [0.2, 0.25) is 0 Å². The highest BCUT2D eigenvalue weighted by molar-refractivity contribution is 7.17. The topological polar surface area (TPSA) is 106 Å². The zero-order valence-electron chi connectivity index (χ0n) is 14.3. The predicted molar refractivity (Wildman–Crippen MR) is 96.4 cm³/mol. The first-order valence-electron chi connectivity index (χ1n) is 8.37. The molecule has 0 bridgehead atoms. The fraction of sp³-hybridized carbons (Fsp3) is 0.389. The van der Waals surface area contributed by atoms with Gasteiger partial charge in [-0.05, 0) is 25.0 Å². The monoisotopic (exact) mass is 373 g/mol. The van der Waals surface area contributed by atoms with Gasteiger partial charge in [0.05, 0.1) is 17.7 Å². The van der Waals surface area contributed by atoms with E-state index in [4.69, 9.17) is 10.5 Å². The average molecular weight is 373 g/mol. The number of carboxylic acid groups (broad SMARTS) is 1. The van der Waals surface area contributed by atoms with Gasteiger partial charge in [-0.1, -0.05) is 29.5 Å². The van der Waals surface area contributed by atoms with Crippen molar-refractivity contribution in [2.45, 2.75) is 13.3 Å². The number of carbonyl (C=O) groups excluding carboxylic acids is 1. The molecular weight excluding hydrogens is 354 g/mol. The van der Waals surface area contributed by atoms with Crippen LogP contribution < -0.4 is 10.5 Å². The van der Waals surface area contributed by atoms with Gasteiger partial charge in [0.1, 0.15) is 10.6 Å². The fourth-order valence-electron chi connectivity index (χ4n) is 3.94. The number of carbonyl (C=O) groups is 2. The molecule has 8 heteroatoms. The van der Waals surface area contributed by atoms with E-state index >= 15 is 0 Å². The summed E-state index contributed by atoms with van der Waals surface area (Å²) in [4.78, 5) is 31.4. The second-order valence-corrected chi connectivity index (χ2v) is 7.94. The van der Waals surface area contributed by atoms with Crippen LogP contribution in [0.5, 0.6) is 5.75 Å². The number of ether oxygens (including phenoxy) is 1. The van der Waals surface area contributed by atoms with Crippen molar-refractivity contribution in [3.63, 3.8) is 0 Å². The van der Waals surface area contributed by atoms with Crippen LogP contribution in [0.2, 0.25) is 0 Å². The predicted octanol–water partition coefficient (Wildman–Crippen LogP) is 1.81. The number of carboxylic acids is 1. The summed E-state index contributed by atoms with van der Waals surface area (Å²) in [7, 11) is 0. The van der Waals surface area contributed by atoms with Crippen molar-refractivity contribution in [1.29, 1.82) is 0 Å². The number of thiazole rings is 1. The lowest BCUT2D eigenvalue weighted by molar-refractivity contribution is -0.150. The Morgan fingerprint density at radius 2 is 2.19 bits per heavy atom. The van der Waals surface area contributed by atoms with E-state index in [0.717, 1.165) is 22.6 Å². The quantitative estimate of drug-likeness (QED) is 0.832. The zero-order chi connectivity index (χ0) is 18.5. The Bertz CT molecular complexity index is 896. The van der Waals surface area contributed by atoms with Gasteiger partial charge >= 0.3 is 5.97 Å². The molecule has 1 aromatic heterocycles. The number of aryl methyl sites for hydroxylation is 1. The maximum absolute atomic E-state index is 12.9. The summed E-state index contributed by atoms with van der Waals surface area (Å²) in [5.74, 6) is -0.647. The van der Waals surface area contributed by atoms with Gasteiger partial charge in [0.15, 0.2) is 5.13 Å². The molecule has 2 atom stereocenters. The van der Waals surface area contributed by atoms with E-state index in [2.05, 4.69) is 4.98 Å². The van der Waals surface area contributed by atoms with Crippen LogP contribution in [0, 0.1) is 18.3 Å². The van der Waals surface area contributed by atoms with Crippen LogP contribution in [-0.4, -0.2) is 46.6 Å². The second-order valence-electron chi connectivity index (χ2n) is 6.91. The first-order valence-corrected chi connectivity index (χ1v) is 9.18. The minimum absolute atomic E-state index is 0.154. The van der Waals surface area contributed by atoms with Crippen LogP contribution in [0.4, 0.5) is 5.13 Å². The van der Waals surface area contributed by atoms with Crippen molar-refractivity contribution in [3.05, 3.63) is 40.4 Å². The number of rotatable bonds is 2. The Morgan fingerprint density at radius 3 is 2.88 bits per heavy atom. The second kappa shape index (κ2) is 5.98. The molecule has 2 aromatic rings. The van der Waals surface area contributed by atoms with Crippen molar-refractivity contribution in [2.75, 3.05) is 25.4 Å².